The van der Waals surface area contributed by atoms with Gasteiger partial charge in [0.2, 0.25) is 0 Å². The van der Waals surface area contributed by atoms with Gasteiger partial charge in [-0.1, -0.05) is 12.1 Å². The van der Waals surface area contributed by atoms with E-state index in [-0.39, 0.29) is 30.6 Å². The Morgan fingerprint density at radius 3 is 2.92 bits per heavy atom. The Hall–Kier alpha value is -2.76. The highest BCUT2D eigenvalue weighted by Gasteiger charge is 2.46. The monoisotopic (exact) mass is 536 g/mol. The maximum atomic E-state index is 14.2. The Bertz CT molecular complexity index is 1470. The molecule has 2 fully saturated rings. The minimum absolute atomic E-state index is 0.0249. The Labute approximate surface area is 223 Å². The minimum atomic E-state index is -0.476. The summed E-state index contributed by atoms with van der Waals surface area (Å²) in [5, 5.41) is 12.7. The van der Waals surface area contributed by atoms with Crippen molar-refractivity contribution in [1.82, 2.24) is 30.3 Å². The lowest BCUT2D eigenvalue weighted by Crippen LogP contribution is -2.47. The summed E-state index contributed by atoms with van der Waals surface area (Å²) in [5.74, 6) is -0.952. The number of thiazole rings is 1. The van der Waals surface area contributed by atoms with Crippen LogP contribution in [0.2, 0.25) is 0 Å². The molecule has 198 valence electrons. The largest absolute Gasteiger partial charge is 0.337 e. The number of aryl methyl sites for hydroxylation is 1. The van der Waals surface area contributed by atoms with Crippen molar-refractivity contribution in [2.75, 3.05) is 19.6 Å². The van der Waals surface area contributed by atoms with E-state index in [4.69, 9.17) is 4.74 Å². The number of aromatic amines is 1. The van der Waals surface area contributed by atoms with Crippen molar-refractivity contribution < 1.29 is 13.5 Å². The van der Waals surface area contributed by atoms with Crippen molar-refractivity contribution in [3.8, 4) is 11.3 Å². The van der Waals surface area contributed by atoms with E-state index in [0.29, 0.717) is 0 Å². The van der Waals surface area contributed by atoms with E-state index in [1.54, 1.807) is 11.3 Å². The highest BCUT2D eigenvalue weighted by molar-refractivity contribution is 7.18. The summed E-state index contributed by atoms with van der Waals surface area (Å²) in [7, 11) is 0. The molecule has 2 aromatic heterocycles. The number of nitrogens with one attached hydrogen (secondary N) is 2. The van der Waals surface area contributed by atoms with E-state index < -0.39 is 11.6 Å². The molecule has 38 heavy (non-hydrogen) atoms. The predicted octanol–water partition coefficient (Wildman–Crippen LogP) is 4.57. The van der Waals surface area contributed by atoms with Gasteiger partial charge in [0.25, 0.3) is 0 Å². The van der Waals surface area contributed by atoms with Gasteiger partial charge in [-0.2, -0.15) is 5.10 Å². The second kappa shape index (κ2) is 9.77. The number of benzene rings is 2. The first-order chi connectivity index (χ1) is 18.5. The van der Waals surface area contributed by atoms with Crippen LogP contribution in [0.4, 0.5) is 8.78 Å². The molecule has 4 aromatic rings. The van der Waals surface area contributed by atoms with Crippen molar-refractivity contribution in [3.05, 3.63) is 69.9 Å². The number of hydrogen-bond acceptors (Lipinski definition) is 7. The average Bonchev–Trinajstić information content (AvgIpc) is 3.36. The maximum Gasteiger partial charge on any atom is 0.153 e. The number of likely N-dealkylation sites (tertiary alicyclic amines) is 1. The van der Waals surface area contributed by atoms with Gasteiger partial charge in [0, 0.05) is 61.0 Å². The van der Waals surface area contributed by atoms with Crippen LogP contribution in [0.25, 0.3) is 21.5 Å². The summed E-state index contributed by atoms with van der Waals surface area (Å²) in [6.45, 7) is 5.60. The number of rotatable bonds is 6. The van der Waals surface area contributed by atoms with Gasteiger partial charge in [-0.05, 0) is 50.6 Å². The SMILES string of the molecule is Cc1nc2ccc(-c3n[nH]c4c3CN(C3OC3N[C@@H]3CCCN(Cc5c(F)cccc5F)C3)CC4)cc2s1. The van der Waals surface area contributed by atoms with Crippen LogP contribution in [0.5, 0.6) is 0 Å². The minimum Gasteiger partial charge on any atom is -0.337 e. The van der Waals surface area contributed by atoms with E-state index in [9.17, 15) is 8.78 Å². The molecule has 0 saturated carbocycles. The lowest BCUT2D eigenvalue weighted by Gasteiger charge is -2.33. The quantitative estimate of drug-likeness (QED) is 0.352. The van der Waals surface area contributed by atoms with Gasteiger partial charge < -0.3 is 4.74 Å². The number of halogens is 2. The van der Waals surface area contributed by atoms with E-state index in [1.165, 1.54) is 34.2 Å². The Kier molecular flexibility index (Phi) is 6.24. The van der Waals surface area contributed by atoms with Crippen LogP contribution >= 0.6 is 11.3 Å². The number of nitrogens with zero attached hydrogens (tertiary/aromatic N) is 4. The average molecular weight is 537 g/mol. The topological polar surface area (TPSA) is 72.6 Å². The van der Waals surface area contributed by atoms with Gasteiger partial charge in [-0.25, -0.2) is 13.8 Å². The molecule has 3 aliphatic rings. The third-order valence-corrected chi connectivity index (χ3v) is 8.84. The van der Waals surface area contributed by atoms with Gasteiger partial charge >= 0.3 is 0 Å². The maximum absolute atomic E-state index is 14.2. The molecule has 2 saturated heterocycles. The second-order valence-corrected chi connectivity index (χ2v) is 11.8. The molecule has 10 heteroatoms. The number of H-pyrrole nitrogens is 1. The van der Waals surface area contributed by atoms with Gasteiger partial charge in [0.1, 0.15) is 11.6 Å². The van der Waals surface area contributed by atoms with Crippen molar-refractivity contribution >= 4 is 21.6 Å². The summed E-state index contributed by atoms with van der Waals surface area (Å²) in [5.41, 5.74) is 5.74. The Morgan fingerprint density at radius 1 is 1.18 bits per heavy atom. The Morgan fingerprint density at radius 2 is 2.05 bits per heavy atom. The summed E-state index contributed by atoms with van der Waals surface area (Å²) >= 11 is 1.71. The standard InChI is InChI=1S/C28H30F2N6OS/c1-16-31-24-8-7-17(12-25(24)38-16)26-20-15-36(11-9-23(20)33-34-26)28-27(37-28)32-18-4-3-10-35(13-18)14-19-21(29)5-2-6-22(19)30/h2,5-8,12,18,27-28,32H,3-4,9-11,13-15H2,1H3,(H,33,34)/t18-,27?,28?/m1/s1. The molecule has 0 aliphatic carbocycles. The summed E-state index contributed by atoms with van der Waals surface area (Å²) in [6, 6.07) is 10.7. The predicted molar refractivity (Wildman–Crippen MR) is 143 cm³/mol. The molecule has 3 atom stereocenters. The summed E-state index contributed by atoms with van der Waals surface area (Å²) in [6.07, 6.45) is 2.91. The number of aromatic nitrogens is 3. The van der Waals surface area contributed by atoms with Crippen LogP contribution in [0.3, 0.4) is 0 Å². The van der Waals surface area contributed by atoms with Crippen LogP contribution in [-0.2, 0) is 24.2 Å². The highest BCUT2D eigenvalue weighted by Crippen LogP contribution is 2.35. The third kappa shape index (κ3) is 4.65. The lowest BCUT2D eigenvalue weighted by atomic mass is 10.0. The van der Waals surface area contributed by atoms with E-state index >= 15 is 0 Å². The smallest absolute Gasteiger partial charge is 0.153 e. The fourth-order valence-corrected chi connectivity index (χ4v) is 6.80. The van der Waals surface area contributed by atoms with Gasteiger partial charge in [-0.15, -0.1) is 11.3 Å². The van der Waals surface area contributed by atoms with Crippen molar-refractivity contribution in [1.29, 1.82) is 0 Å². The molecule has 2 unspecified atom stereocenters. The second-order valence-electron chi connectivity index (χ2n) is 10.6. The zero-order chi connectivity index (χ0) is 25.8. The van der Waals surface area contributed by atoms with Crippen LogP contribution in [0, 0.1) is 18.6 Å². The number of hydrogen-bond donors (Lipinski definition) is 2. The lowest BCUT2D eigenvalue weighted by molar-refractivity contribution is 0.158. The molecule has 7 nitrogen and oxygen atoms in total. The molecular weight excluding hydrogens is 506 g/mol. The first-order valence-corrected chi connectivity index (χ1v) is 14.1. The molecular formula is C28H30F2N6OS. The van der Waals surface area contributed by atoms with Crippen LogP contribution in [-0.4, -0.2) is 63.1 Å². The first-order valence-electron chi connectivity index (χ1n) is 13.3. The number of fused-ring (bicyclic) bond motifs is 2. The summed E-state index contributed by atoms with van der Waals surface area (Å²) in [4.78, 5) is 9.09. The molecule has 0 spiro atoms. The fraction of sp³-hybridized carbons (Fsp3) is 0.429. The highest BCUT2D eigenvalue weighted by atomic mass is 32.1. The van der Waals surface area contributed by atoms with Crippen molar-refractivity contribution in [3.63, 3.8) is 0 Å². The zero-order valence-corrected chi connectivity index (χ0v) is 22.0. The molecule has 5 heterocycles. The van der Waals surface area contributed by atoms with E-state index in [0.717, 1.165) is 67.2 Å². The number of epoxide rings is 1. The molecule has 2 N–H and O–H groups in total. The van der Waals surface area contributed by atoms with Crippen LogP contribution in [0.1, 0.15) is 34.7 Å². The number of piperidine rings is 1. The van der Waals surface area contributed by atoms with Gasteiger partial charge in [-0.3, -0.25) is 20.2 Å². The van der Waals surface area contributed by atoms with Gasteiger partial charge in [0.15, 0.2) is 12.5 Å². The Balaban J connectivity index is 0.990. The van der Waals surface area contributed by atoms with E-state index in [1.807, 2.05) is 6.92 Å². The van der Waals surface area contributed by atoms with Crippen LogP contribution in [0.15, 0.2) is 36.4 Å². The molecule has 3 aliphatic heterocycles. The van der Waals surface area contributed by atoms with Crippen LogP contribution < -0.4 is 5.32 Å². The first kappa shape index (κ1) is 24.3. The van der Waals surface area contributed by atoms with Gasteiger partial charge in [0.05, 0.1) is 20.9 Å². The van der Waals surface area contributed by atoms with Crippen molar-refractivity contribution in [2.45, 2.75) is 57.8 Å². The third-order valence-electron chi connectivity index (χ3n) is 7.91. The molecule has 0 radical (unpaired) electrons. The molecule has 0 amide bonds. The zero-order valence-electron chi connectivity index (χ0n) is 21.2. The number of ether oxygens (including phenoxy) is 1. The molecule has 2 aromatic carbocycles. The molecule has 7 rings (SSSR count). The van der Waals surface area contributed by atoms with E-state index in [2.05, 4.69) is 48.5 Å². The fourth-order valence-electron chi connectivity index (χ4n) is 5.94. The van der Waals surface area contributed by atoms with Crippen molar-refractivity contribution in [2.24, 2.45) is 0 Å². The molecule has 0 bridgehead atoms. The summed E-state index contributed by atoms with van der Waals surface area (Å²) < 4.78 is 35.6. The normalized spacial score (nSPS) is 24.1.